The lowest BCUT2D eigenvalue weighted by Gasteiger charge is -2.10. The normalized spacial score (nSPS) is 12.8. The van der Waals surface area contributed by atoms with E-state index < -0.39 is 0 Å². The third kappa shape index (κ3) is 2.92. The molecule has 146 valence electrons. The first kappa shape index (κ1) is 17.1. The number of fused-ring (bicyclic) bond motifs is 2. The number of pyridine rings is 1. The Morgan fingerprint density at radius 2 is 2.17 bits per heavy atom. The van der Waals surface area contributed by atoms with Crippen LogP contribution in [0.1, 0.15) is 27.5 Å². The quantitative estimate of drug-likeness (QED) is 0.533. The van der Waals surface area contributed by atoms with Crippen LogP contribution in [0.4, 0.5) is 0 Å². The lowest BCUT2D eigenvalue weighted by Crippen LogP contribution is -2.12. The molecule has 0 saturated heterocycles. The van der Waals surface area contributed by atoms with Crippen LogP contribution >= 0.6 is 0 Å². The molecule has 0 spiro atoms. The Kier molecular flexibility index (Phi) is 3.86. The molecule has 0 unspecified atom stereocenters. The second-order valence-corrected chi connectivity index (χ2v) is 6.40. The summed E-state index contributed by atoms with van der Waals surface area (Å²) in [6.07, 6.45) is 0. The topological polar surface area (TPSA) is 130 Å². The van der Waals surface area contributed by atoms with Crippen LogP contribution in [0, 0.1) is 6.92 Å². The van der Waals surface area contributed by atoms with Crippen LogP contribution < -0.4 is 14.8 Å². The van der Waals surface area contributed by atoms with E-state index in [2.05, 4.69) is 30.8 Å². The molecule has 4 aromatic rings. The van der Waals surface area contributed by atoms with Crippen molar-refractivity contribution in [2.75, 3.05) is 7.11 Å². The maximum absolute atomic E-state index is 11.7. The molecule has 1 aliphatic heterocycles. The summed E-state index contributed by atoms with van der Waals surface area (Å²) < 4.78 is 17.8. The van der Waals surface area contributed by atoms with Gasteiger partial charge in [0.15, 0.2) is 17.1 Å². The van der Waals surface area contributed by atoms with Crippen molar-refractivity contribution in [2.24, 2.45) is 0 Å². The van der Waals surface area contributed by atoms with E-state index in [0.29, 0.717) is 52.2 Å². The molecular weight excluding hydrogens is 378 g/mol. The second kappa shape index (κ2) is 6.55. The van der Waals surface area contributed by atoms with E-state index in [1.54, 1.807) is 31.2 Å². The van der Waals surface area contributed by atoms with Gasteiger partial charge in [-0.3, -0.25) is 9.78 Å². The molecule has 5 heterocycles. The van der Waals surface area contributed by atoms with Gasteiger partial charge in [-0.2, -0.15) is 4.52 Å². The van der Waals surface area contributed by atoms with Crippen molar-refractivity contribution in [3.63, 3.8) is 0 Å². The van der Waals surface area contributed by atoms with Crippen molar-refractivity contribution in [1.82, 2.24) is 35.3 Å². The van der Waals surface area contributed by atoms with Gasteiger partial charge in [0, 0.05) is 12.1 Å². The maximum atomic E-state index is 11.7. The molecule has 0 saturated carbocycles. The Morgan fingerprint density at radius 3 is 2.97 bits per heavy atom. The number of hydrogen-bond donors (Lipinski definition) is 1. The Bertz CT molecular complexity index is 1250. The number of ether oxygens (including phenoxy) is 2. The van der Waals surface area contributed by atoms with Crippen LogP contribution in [0.2, 0.25) is 0 Å². The van der Waals surface area contributed by atoms with Crippen molar-refractivity contribution in [3.8, 4) is 23.1 Å². The van der Waals surface area contributed by atoms with E-state index in [9.17, 15) is 4.79 Å². The predicted molar refractivity (Wildman–Crippen MR) is 97.3 cm³/mol. The standard InChI is InChI=1S/C18H15N7O4/c1-9-5-12(24-29-9)16-22-21-15-6-14(27-2)18(23-25(15)16)28-8-10-3-4-11-13(20-10)7-19-17(11)26/h3-6H,7-8H2,1-2H3,(H,19,26). The highest BCUT2D eigenvalue weighted by molar-refractivity contribution is 5.97. The number of hydrogen-bond acceptors (Lipinski definition) is 9. The summed E-state index contributed by atoms with van der Waals surface area (Å²) in [6.45, 7) is 2.35. The first-order chi connectivity index (χ1) is 14.1. The van der Waals surface area contributed by atoms with Gasteiger partial charge < -0.3 is 19.3 Å². The number of aromatic nitrogens is 6. The Hall–Kier alpha value is -4.02. The van der Waals surface area contributed by atoms with Gasteiger partial charge in [-0.15, -0.1) is 15.3 Å². The Balaban J connectivity index is 1.46. The fourth-order valence-electron chi connectivity index (χ4n) is 3.05. The fourth-order valence-corrected chi connectivity index (χ4v) is 3.05. The molecule has 11 nitrogen and oxygen atoms in total. The molecule has 5 rings (SSSR count). The van der Waals surface area contributed by atoms with E-state index in [-0.39, 0.29) is 18.4 Å². The van der Waals surface area contributed by atoms with Crippen molar-refractivity contribution >= 4 is 11.6 Å². The first-order valence-corrected chi connectivity index (χ1v) is 8.76. The number of nitrogens with zero attached hydrogens (tertiary/aromatic N) is 6. The first-order valence-electron chi connectivity index (χ1n) is 8.76. The minimum atomic E-state index is -0.114. The molecule has 4 aromatic heterocycles. The van der Waals surface area contributed by atoms with E-state index in [1.165, 1.54) is 11.6 Å². The minimum absolute atomic E-state index is 0.114. The van der Waals surface area contributed by atoms with E-state index in [0.717, 1.165) is 0 Å². The summed E-state index contributed by atoms with van der Waals surface area (Å²) in [5.41, 5.74) is 2.94. The number of methoxy groups -OCH3 is 1. The van der Waals surface area contributed by atoms with Crippen molar-refractivity contribution < 1.29 is 18.8 Å². The van der Waals surface area contributed by atoms with Crippen LogP contribution in [-0.4, -0.2) is 43.0 Å². The Labute approximate surface area is 163 Å². The van der Waals surface area contributed by atoms with Crippen molar-refractivity contribution in [1.29, 1.82) is 0 Å². The van der Waals surface area contributed by atoms with E-state index in [1.807, 2.05) is 0 Å². The summed E-state index contributed by atoms with van der Waals surface area (Å²) >= 11 is 0. The largest absolute Gasteiger partial charge is 0.491 e. The highest BCUT2D eigenvalue weighted by atomic mass is 16.5. The van der Waals surface area contributed by atoms with E-state index in [4.69, 9.17) is 14.0 Å². The van der Waals surface area contributed by atoms with Gasteiger partial charge in [0.2, 0.25) is 5.82 Å². The molecule has 0 fully saturated rings. The molecule has 0 atom stereocenters. The number of amides is 1. The molecule has 29 heavy (non-hydrogen) atoms. The van der Waals surface area contributed by atoms with Crippen LogP contribution in [0.5, 0.6) is 11.6 Å². The zero-order valence-corrected chi connectivity index (χ0v) is 15.5. The SMILES string of the molecule is COc1cc2nnc(-c3cc(C)on3)n2nc1OCc1ccc2c(n1)CNC2=O. The van der Waals surface area contributed by atoms with Gasteiger partial charge >= 0.3 is 0 Å². The summed E-state index contributed by atoms with van der Waals surface area (Å²) in [7, 11) is 1.52. The van der Waals surface area contributed by atoms with E-state index >= 15 is 0 Å². The summed E-state index contributed by atoms with van der Waals surface area (Å²) in [4.78, 5) is 16.1. The van der Waals surface area contributed by atoms with Gasteiger partial charge in [0.1, 0.15) is 12.4 Å². The minimum Gasteiger partial charge on any atom is -0.491 e. The highest BCUT2D eigenvalue weighted by Gasteiger charge is 2.21. The monoisotopic (exact) mass is 393 g/mol. The summed E-state index contributed by atoms with van der Waals surface area (Å²) in [5, 5.41) is 19.4. The van der Waals surface area contributed by atoms with Gasteiger partial charge in [0.05, 0.1) is 30.6 Å². The molecule has 0 radical (unpaired) electrons. The van der Waals surface area contributed by atoms with Gasteiger partial charge in [-0.25, -0.2) is 0 Å². The lowest BCUT2D eigenvalue weighted by atomic mass is 10.2. The molecule has 1 amide bonds. The highest BCUT2D eigenvalue weighted by Crippen LogP contribution is 2.28. The van der Waals surface area contributed by atoms with Crippen LogP contribution in [-0.2, 0) is 13.2 Å². The average Bonchev–Trinajstić information content (AvgIpc) is 3.44. The number of carbonyl (C=O) groups is 1. The zero-order valence-electron chi connectivity index (χ0n) is 15.5. The van der Waals surface area contributed by atoms with Crippen LogP contribution in [0.25, 0.3) is 17.2 Å². The third-order valence-electron chi connectivity index (χ3n) is 4.45. The van der Waals surface area contributed by atoms with Crippen LogP contribution in [0.3, 0.4) is 0 Å². The Morgan fingerprint density at radius 1 is 1.28 bits per heavy atom. The van der Waals surface area contributed by atoms with Crippen LogP contribution in [0.15, 0.2) is 28.8 Å². The zero-order chi connectivity index (χ0) is 20.0. The second-order valence-electron chi connectivity index (χ2n) is 6.40. The van der Waals surface area contributed by atoms with Gasteiger partial charge in [-0.1, -0.05) is 5.16 Å². The number of carbonyl (C=O) groups excluding carboxylic acids is 1. The maximum Gasteiger partial charge on any atom is 0.275 e. The molecule has 0 bridgehead atoms. The molecule has 0 aromatic carbocycles. The lowest BCUT2D eigenvalue weighted by molar-refractivity contribution is 0.0965. The molecule has 11 heteroatoms. The summed E-state index contributed by atoms with van der Waals surface area (Å²) in [6, 6.07) is 6.90. The summed E-state index contributed by atoms with van der Waals surface area (Å²) in [5.74, 6) is 1.61. The van der Waals surface area contributed by atoms with Crippen molar-refractivity contribution in [3.05, 3.63) is 47.0 Å². The third-order valence-corrected chi connectivity index (χ3v) is 4.45. The molecule has 1 aliphatic rings. The van der Waals surface area contributed by atoms with Gasteiger partial charge in [-0.05, 0) is 19.1 Å². The predicted octanol–water partition coefficient (Wildman–Crippen LogP) is 1.31. The molecule has 1 N–H and O–H groups in total. The number of nitrogens with one attached hydrogen (secondary N) is 1. The average molecular weight is 393 g/mol. The molecular formula is C18H15N7O4. The molecule has 0 aliphatic carbocycles. The fraction of sp³-hybridized carbons (Fsp3) is 0.222. The number of aryl methyl sites for hydroxylation is 1. The van der Waals surface area contributed by atoms with Gasteiger partial charge in [0.25, 0.3) is 11.8 Å². The number of rotatable bonds is 5. The van der Waals surface area contributed by atoms with Crippen molar-refractivity contribution in [2.45, 2.75) is 20.1 Å². The smallest absolute Gasteiger partial charge is 0.275 e.